The molecule has 6 nitrogen and oxygen atoms in total. The largest absolute Gasteiger partial charge is 0.388 e. The van der Waals surface area contributed by atoms with Gasteiger partial charge in [0.2, 0.25) is 0 Å². The van der Waals surface area contributed by atoms with Crippen LogP contribution in [0.15, 0.2) is 0 Å². The average molecular weight is 309 g/mol. The minimum atomic E-state index is -0.561. The highest BCUT2D eigenvalue weighted by Gasteiger charge is 2.33. The van der Waals surface area contributed by atoms with Crippen LogP contribution in [0, 0.1) is 6.92 Å². The van der Waals surface area contributed by atoms with E-state index in [0.717, 1.165) is 48.9 Å². The molecule has 0 atom stereocenters. The molecule has 3 rings (SSSR count). The topological polar surface area (TPSA) is 57.4 Å². The van der Waals surface area contributed by atoms with E-state index in [1.165, 1.54) is 4.70 Å². The van der Waals surface area contributed by atoms with Crippen molar-refractivity contribution in [3.05, 3.63) is 5.69 Å². The lowest BCUT2D eigenvalue weighted by Crippen LogP contribution is -2.49. The maximum atomic E-state index is 10.6. The molecule has 1 saturated heterocycles. The Hall–Kier alpha value is -1.18. The second-order valence-corrected chi connectivity index (χ2v) is 7.28. The summed E-state index contributed by atoms with van der Waals surface area (Å²) in [6.07, 6.45) is 1.58. The summed E-state index contributed by atoms with van der Waals surface area (Å²) in [6.45, 7) is 4.47. The van der Waals surface area contributed by atoms with Gasteiger partial charge in [0, 0.05) is 26.7 Å². The summed E-state index contributed by atoms with van der Waals surface area (Å²) in [7, 11) is 5.95. The SMILES string of the molecule is Cc1nn(C)c2nc(N3CCC(O)(CN(C)C)CC3)sc12. The van der Waals surface area contributed by atoms with Crippen LogP contribution in [0.5, 0.6) is 0 Å². The van der Waals surface area contributed by atoms with E-state index in [1.807, 2.05) is 32.7 Å². The molecule has 0 spiro atoms. The Kier molecular flexibility index (Phi) is 3.67. The number of thiazole rings is 1. The van der Waals surface area contributed by atoms with E-state index in [4.69, 9.17) is 4.98 Å². The quantitative estimate of drug-likeness (QED) is 0.924. The predicted octanol–water partition coefficient (Wildman–Crippen LogP) is 1.23. The van der Waals surface area contributed by atoms with Gasteiger partial charge in [-0.2, -0.15) is 5.10 Å². The molecule has 1 N–H and O–H groups in total. The molecular weight excluding hydrogens is 286 g/mol. The molecule has 0 amide bonds. The van der Waals surface area contributed by atoms with Crippen LogP contribution in [0.4, 0.5) is 5.13 Å². The lowest BCUT2D eigenvalue weighted by Gasteiger charge is -2.39. The van der Waals surface area contributed by atoms with Gasteiger partial charge < -0.3 is 14.9 Å². The number of fused-ring (bicyclic) bond motifs is 1. The van der Waals surface area contributed by atoms with Gasteiger partial charge in [-0.1, -0.05) is 11.3 Å². The fourth-order valence-electron chi connectivity index (χ4n) is 3.07. The highest BCUT2D eigenvalue weighted by atomic mass is 32.1. The maximum absolute atomic E-state index is 10.6. The monoisotopic (exact) mass is 309 g/mol. The molecule has 21 heavy (non-hydrogen) atoms. The Labute approximate surface area is 129 Å². The lowest BCUT2D eigenvalue weighted by atomic mass is 9.91. The Morgan fingerprint density at radius 3 is 2.57 bits per heavy atom. The number of nitrogens with zero attached hydrogens (tertiary/aromatic N) is 5. The third kappa shape index (κ3) is 2.77. The number of aromatic nitrogens is 3. The second kappa shape index (κ2) is 5.23. The summed E-state index contributed by atoms with van der Waals surface area (Å²) in [6, 6.07) is 0. The van der Waals surface area contributed by atoms with E-state index in [0.29, 0.717) is 0 Å². The van der Waals surface area contributed by atoms with E-state index < -0.39 is 5.60 Å². The predicted molar refractivity (Wildman–Crippen MR) is 86.1 cm³/mol. The standard InChI is InChI=1S/C14H23N5OS/c1-10-11-12(18(4)16-10)15-13(21-11)19-7-5-14(20,6-8-19)9-17(2)3/h20H,5-9H2,1-4H3. The Morgan fingerprint density at radius 1 is 1.33 bits per heavy atom. The molecule has 1 aliphatic heterocycles. The smallest absolute Gasteiger partial charge is 0.188 e. The van der Waals surface area contributed by atoms with Crippen LogP contribution in [0.25, 0.3) is 10.3 Å². The summed E-state index contributed by atoms with van der Waals surface area (Å²) in [5, 5.41) is 16.0. The van der Waals surface area contributed by atoms with Crippen LogP contribution in [0.1, 0.15) is 18.5 Å². The maximum Gasteiger partial charge on any atom is 0.188 e. The van der Waals surface area contributed by atoms with Crippen LogP contribution in [0.2, 0.25) is 0 Å². The first kappa shape index (κ1) is 14.7. The van der Waals surface area contributed by atoms with Gasteiger partial charge >= 0.3 is 0 Å². The van der Waals surface area contributed by atoms with Crippen LogP contribution in [-0.2, 0) is 7.05 Å². The number of likely N-dealkylation sites (N-methyl/N-ethyl adjacent to an activating group) is 1. The number of rotatable bonds is 3. The molecule has 0 bridgehead atoms. The summed E-state index contributed by atoms with van der Waals surface area (Å²) in [4.78, 5) is 9.06. The molecule has 7 heteroatoms. The van der Waals surface area contributed by atoms with Crippen molar-refractivity contribution in [2.75, 3.05) is 38.6 Å². The average Bonchev–Trinajstić information content (AvgIpc) is 2.92. The van der Waals surface area contributed by atoms with Gasteiger partial charge in [0.05, 0.1) is 16.0 Å². The van der Waals surface area contributed by atoms with Crippen LogP contribution >= 0.6 is 11.3 Å². The minimum Gasteiger partial charge on any atom is -0.388 e. The van der Waals surface area contributed by atoms with Crippen molar-refractivity contribution < 1.29 is 5.11 Å². The number of hydrogen-bond donors (Lipinski definition) is 1. The number of piperidine rings is 1. The second-order valence-electron chi connectivity index (χ2n) is 6.31. The molecule has 0 unspecified atom stereocenters. The van der Waals surface area contributed by atoms with E-state index in [1.54, 1.807) is 11.3 Å². The molecule has 0 aromatic carbocycles. The molecule has 0 saturated carbocycles. The zero-order valence-corrected chi connectivity index (χ0v) is 13.9. The van der Waals surface area contributed by atoms with Gasteiger partial charge in [0.1, 0.15) is 0 Å². The Balaban J connectivity index is 1.75. The van der Waals surface area contributed by atoms with Gasteiger partial charge in [-0.05, 0) is 33.9 Å². The van der Waals surface area contributed by atoms with E-state index in [-0.39, 0.29) is 0 Å². The molecule has 2 aromatic rings. The number of hydrogen-bond acceptors (Lipinski definition) is 6. The fraction of sp³-hybridized carbons (Fsp3) is 0.714. The third-order valence-electron chi connectivity index (χ3n) is 4.11. The molecule has 116 valence electrons. The third-order valence-corrected chi connectivity index (χ3v) is 5.32. The summed E-state index contributed by atoms with van der Waals surface area (Å²) >= 11 is 1.70. The first-order valence-electron chi connectivity index (χ1n) is 7.30. The number of anilines is 1. The van der Waals surface area contributed by atoms with Gasteiger partial charge in [-0.3, -0.25) is 0 Å². The Bertz CT molecular complexity index is 605. The van der Waals surface area contributed by atoms with Crippen LogP contribution < -0.4 is 4.90 Å². The molecule has 3 heterocycles. The normalized spacial score (nSPS) is 18.9. The van der Waals surface area contributed by atoms with Gasteiger partial charge in [-0.15, -0.1) is 0 Å². The minimum absolute atomic E-state index is 0.561. The van der Waals surface area contributed by atoms with Crippen LogP contribution in [0.3, 0.4) is 0 Å². The lowest BCUT2D eigenvalue weighted by molar-refractivity contribution is -0.00537. The van der Waals surface area contributed by atoms with Gasteiger partial charge in [0.25, 0.3) is 0 Å². The van der Waals surface area contributed by atoms with Crippen molar-refractivity contribution in [1.29, 1.82) is 0 Å². The van der Waals surface area contributed by atoms with Gasteiger partial charge in [0.15, 0.2) is 10.8 Å². The van der Waals surface area contributed by atoms with E-state index in [9.17, 15) is 5.11 Å². The molecule has 0 aliphatic carbocycles. The van der Waals surface area contributed by atoms with E-state index in [2.05, 4.69) is 14.9 Å². The summed E-state index contributed by atoms with van der Waals surface area (Å²) < 4.78 is 3.01. The van der Waals surface area contributed by atoms with Crippen molar-refractivity contribution in [1.82, 2.24) is 19.7 Å². The summed E-state index contributed by atoms with van der Waals surface area (Å²) in [5.74, 6) is 0. The first-order valence-corrected chi connectivity index (χ1v) is 8.12. The zero-order chi connectivity index (χ0) is 15.2. The fourth-order valence-corrected chi connectivity index (χ4v) is 4.15. The molecule has 2 aromatic heterocycles. The summed E-state index contributed by atoms with van der Waals surface area (Å²) in [5.41, 5.74) is 1.44. The van der Waals surface area contributed by atoms with Crippen molar-refractivity contribution in [3.63, 3.8) is 0 Å². The zero-order valence-electron chi connectivity index (χ0n) is 13.1. The Morgan fingerprint density at radius 2 is 2.00 bits per heavy atom. The van der Waals surface area contributed by atoms with Crippen molar-refractivity contribution in [2.24, 2.45) is 7.05 Å². The van der Waals surface area contributed by atoms with Crippen molar-refractivity contribution in [2.45, 2.75) is 25.4 Å². The van der Waals surface area contributed by atoms with Crippen molar-refractivity contribution >= 4 is 26.8 Å². The number of aryl methyl sites for hydroxylation is 2. The molecule has 1 fully saturated rings. The van der Waals surface area contributed by atoms with E-state index >= 15 is 0 Å². The van der Waals surface area contributed by atoms with Crippen LogP contribution in [-0.4, -0.2) is 64.1 Å². The van der Waals surface area contributed by atoms with Gasteiger partial charge in [-0.25, -0.2) is 9.67 Å². The highest BCUT2D eigenvalue weighted by molar-refractivity contribution is 7.22. The highest BCUT2D eigenvalue weighted by Crippen LogP contribution is 2.33. The van der Waals surface area contributed by atoms with Crippen molar-refractivity contribution in [3.8, 4) is 0 Å². The molecule has 0 radical (unpaired) electrons. The number of aliphatic hydroxyl groups is 1. The molecular formula is C14H23N5OS. The molecule has 1 aliphatic rings. The first-order chi connectivity index (χ1) is 9.88.